The van der Waals surface area contributed by atoms with Gasteiger partial charge in [-0.1, -0.05) is 0 Å². The molecule has 1 rings (SSSR count). The summed E-state index contributed by atoms with van der Waals surface area (Å²) in [6.07, 6.45) is 0. The fourth-order valence-corrected chi connectivity index (χ4v) is 1.53. The lowest BCUT2D eigenvalue weighted by Crippen LogP contribution is -2.49. The minimum atomic E-state index is -0.911. The number of hydrogen-bond acceptors (Lipinski definition) is 4. The SMILES string of the molecule is CN(CC(=O)O)CC(=O)N1CCNCC1. The predicted molar refractivity (Wildman–Crippen MR) is 54.6 cm³/mol. The van der Waals surface area contributed by atoms with E-state index in [4.69, 9.17) is 5.11 Å². The summed E-state index contributed by atoms with van der Waals surface area (Å²) in [4.78, 5) is 25.3. The summed E-state index contributed by atoms with van der Waals surface area (Å²) in [5.74, 6) is -0.911. The fraction of sp³-hybridized carbons (Fsp3) is 0.778. The number of piperazine rings is 1. The Kier molecular flexibility index (Phi) is 4.51. The van der Waals surface area contributed by atoms with Crippen LogP contribution in [-0.2, 0) is 9.59 Å². The highest BCUT2D eigenvalue weighted by atomic mass is 16.4. The van der Waals surface area contributed by atoms with Crippen LogP contribution in [0, 0.1) is 0 Å². The molecule has 1 saturated heterocycles. The van der Waals surface area contributed by atoms with Gasteiger partial charge in [0.15, 0.2) is 0 Å². The molecule has 6 nitrogen and oxygen atoms in total. The first kappa shape index (κ1) is 11.9. The van der Waals surface area contributed by atoms with E-state index in [-0.39, 0.29) is 19.0 Å². The highest BCUT2D eigenvalue weighted by Crippen LogP contribution is 1.95. The molecular weight excluding hydrogens is 198 g/mol. The molecule has 1 fully saturated rings. The summed E-state index contributed by atoms with van der Waals surface area (Å²) in [5, 5.41) is 11.7. The largest absolute Gasteiger partial charge is 0.480 e. The number of carbonyl (C=O) groups is 2. The molecule has 1 aliphatic rings. The first-order valence-corrected chi connectivity index (χ1v) is 4.98. The van der Waals surface area contributed by atoms with Gasteiger partial charge >= 0.3 is 5.97 Å². The van der Waals surface area contributed by atoms with Crippen LogP contribution in [0.4, 0.5) is 0 Å². The summed E-state index contributed by atoms with van der Waals surface area (Å²) in [7, 11) is 1.63. The monoisotopic (exact) mass is 215 g/mol. The molecule has 0 unspecified atom stereocenters. The minimum absolute atomic E-state index is 0.000231. The number of carboxylic acids is 1. The van der Waals surface area contributed by atoms with Crippen molar-refractivity contribution in [2.45, 2.75) is 0 Å². The Morgan fingerprint density at radius 3 is 2.47 bits per heavy atom. The Morgan fingerprint density at radius 2 is 1.93 bits per heavy atom. The number of carbonyl (C=O) groups excluding carboxylic acids is 1. The quantitative estimate of drug-likeness (QED) is 0.593. The summed E-state index contributed by atoms with van der Waals surface area (Å²) >= 11 is 0. The molecule has 0 aromatic heterocycles. The van der Waals surface area contributed by atoms with E-state index in [1.165, 1.54) is 4.90 Å². The molecule has 1 heterocycles. The topological polar surface area (TPSA) is 72.9 Å². The van der Waals surface area contributed by atoms with Gasteiger partial charge in [0.25, 0.3) is 0 Å². The molecule has 0 saturated carbocycles. The van der Waals surface area contributed by atoms with Gasteiger partial charge in [0, 0.05) is 26.2 Å². The molecule has 1 aliphatic heterocycles. The molecule has 0 atom stereocenters. The smallest absolute Gasteiger partial charge is 0.317 e. The van der Waals surface area contributed by atoms with E-state index in [0.29, 0.717) is 13.1 Å². The average Bonchev–Trinajstić information content (AvgIpc) is 2.17. The van der Waals surface area contributed by atoms with Crippen LogP contribution in [0.3, 0.4) is 0 Å². The number of rotatable bonds is 4. The van der Waals surface area contributed by atoms with Crippen molar-refractivity contribution in [2.75, 3.05) is 46.3 Å². The van der Waals surface area contributed by atoms with Gasteiger partial charge in [0.2, 0.25) is 5.91 Å². The first-order valence-electron chi connectivity index (χ1n) is 4.98. The van der Waals surface area contributed by atoms with Crippen LogP contribution in [0.2, 0.25) is 0 Å². The lowest BCUT2D eigenvalue weighted by molar-refractivity contribution is -0.139. The van der Waals surface area contributed by atoms with Crippen molar-refractivity contribution in [3.8, 4) is 0 Å². The van der Waals surface area contributed by atoms with Gasteiger partial charge in [-0.25, -0.2) is 0 Å². The van der Waals surface area contributed by atoms with Crippen LogP contribution in [0.25, 0.3) is 0 Å². The summed E-state index contributed by atoms with van der Waals surface area (Å²) < 4.78 is 0. The van der Waals surface area contributed by atoms with E-state index >= 15 is 0 Å². The Labute approximate surface area is 88.8 Å². The Morgan fingerprint density at radius 1 is 1.33 bits per heavy atom. The zero-order chi connectivity index (χ0) is 11.3. The standard InChI is InChI=1S/C9H17N3O3/c1-11(7-9(14)15)6-8(13)12-4-2-10-3-5-12/h10H,2-7H2,1H3,(H,14,15). The van der Waals surface area contributed by atoms with Crippen molar-refractivity contribution in [1.29, 1.82) is 0 Å². The van der Waals surface area contributed by atoms with E-state index in [2.05, 4.69) is 5.32 Å². The highest BCUT2D eigenvalue weighted by Gasteiger charge is 2.18. The number of likely N-dealkylation sites (N-methyl/N-ethyl adjacent to an activating group) is 1. The van der Waals surface area contributed by atoms with E-state index in [1.807, 2.05) is 0 Å². The van der Waals surface area contributed by atoms with E-state index in [1.54, 1.807) is 11.9 Å². The predicted octanol–water partition coefficient (Wildman–Crippen LogP) is -1.57. The molecular formula is C9H17N3O3. The normalized spacial score (nSPS) is 16.8. The van der Waals surface area contributed by atoms with Crippen molar-refractivity contribution < 1.29 is 14.7 Å². The van der Waals surface area contributed by atoms with E-state index in [9.17, 15) is 9.59 Å². The van der Waals surface area contributed by atoms with Crippen LogP contribution in [0.15, 0.2) is 0 Å². The first-order chi connectivity index (χ1) is 7.09. The molecule has 1 amide bonds. The third-order valence-electron chi connectivity index (χ3n) is 2.28. The molecule has 15 heavy (non-hydrogen) atoms. The van der Waals surface area contributed by atoms with Gasteiger partial charge in [-0.15, -0.1) is 0 Å². The van der Waals surface area contributed by atoms with Gasteiger partial charge in [0.1, 0.15) is 0 Å². The third kappa shape index (κ3) is 4.26. The fourth-order valence-electron chi connectivity index (χ4n) is 1.53. The van der Waals surface area contributed by atoms with Gasteiger partial charge in [-0.05, 0) is 7.05 Å². The lowest BCUT2D eigenvalue weighted by atomic mass is 10.3. The molecule has 0 spiro atoms. The number of amides is 1. The van der Waals surface area contributed by atoms with Crippen molar-refractivity contribution in [3.63, 3.8) is 0 Å². The Hall–Kier alpha value is -1.14. The molecule has 0 bridgehead atoms. The Bertz CT molecular complexity index is 239. The van der Waals surface area contributed by atoms with Crippen molar-refractivity contribution >= 4 is 11.9 Å². The molecule has 0 aromatic carbocycles. The second-order valence-corrected chi connectivity index (χ2v) is 3.70. The van der Waals surface area contributed by atoms with E-state index < -0.39 is 5.97 Å². The maximum Gasteiger partial charge on any atom is 0.317 e. The number of nitrogens with zero attached hydrogens (tertiary/aromatic N) is 2. The molecule has 0 aliphatic carbocycles. The van der Waals surface area contributed by atoms with Crippen LogP contribution >= 0.6 is 0 Å². The molecule has 2 N–H and O–H groups in total. The highest BCUT2D eigenvalue weighted by molar-refractivity contribution is 5.79. The Balaban J connectivity index is 2.30. The number of carboxylic acid groups (broad SMARTS) is 1. The summed E-state index contributed by atoms with van der Waals surface area (Å²) in [6, 6.07) is 0. The molecule has 6 heteroatoms. The maximum absolute atomic E-state index is 11.7. The summed E-state index contributed by atoms with van der Waals surface area (Å²) in [6.45, 7) is 3.12. The zero-order valence-corrected chi connectivity index (χ0v) is 8.90. The lowest BCUT2D eigenvalue weighted by Gasteiger charge is -2.28. The third-order valence-corrected chi connectivity index (χ3v) is 2.28. The van der Waals surface area contributed by atoms with Crippen molar-refractivity contribution in [1.82, 2.24) is 15.1 Å². The number of nitrogens with one attached hydrogen (secondary N) is 1. The van der Waals surface area contributed by atoms with Crippen LogP contribution in [0.5, 0.6) is 0 Å². The van der Waals surface area contributed by atoms with Crippen LogP contribution in [-0.4, -0.2) is 73.1 Å². The van der Waals surface area contributed by atoms with Gasteiger partial charge in [-0.3, -0.25) is 14.5 Å². The second-order valence-electron chi connectivity index (χ2n) is 3.70. The molecule has 86 valence electrons. The zero-order valence-electron chi connectivity index (χ0n) is 8.90. The van der Waals surface area contributed by atoms with Gasteiger partial charge in [0.05, 0.1) is 13.1 Å². The van der Waals surface area contributed by atoms with Crippen LogP contribution < -0.4 is 5.32 Å². The van der Waals surface area contributed by atoms with Crippen LogP contribution in [0.1, 0.15) is 0 Å². The average molecular weight is 215 g/mol. The van der Waals surface area contributed by atoms with E-state index in [0.717, 1.165) is 13.1 Å². The molecule has 0 aromatic rings. The summed E-state index contributed by atoms with van der Waals surface area (Å²) in [5.41, 5.74) is 0. The van der Waals surface area contributed by atoms with Gasteiger partial charge < -0.3 is 15.3 Å². The molecule has 0 radical (unpaired) electrons. The number of hydrogen-bond donors (Lipinski definition) is 2. The van der Waals surface area contributed by atoms with Crippen molar-refractivity contribution in [3.05, 3.63) is 0 Å². The van der Waals surface area contributed by atoms with Crippen molar-refractivity contribution in [2.24, 2.45) is 0 Å². The maximum atomic E-state index is 11.7. The number of aliphatic carboxylic acids is 1. The minimum Gasteiger partial charge on any atom is -0.480 e. The second kappa shape index (κ2) is 5.67. The van der Waals surface area contributed by atoms with Gasteiger partial charge in [-0.2, -0.15) is 0 Å².